The maximum atomic E-state index is 6.27. The first-order chi connectivity index (χ1) is 9.20. The van der Waals surface area contributed by atoms with Gasteiger partial charge < -0.3 is 14.8 Å². The van der Waals surface area contributed by atoms with Crippen molar-refractivity contribution in [2.24, 2.45) is 0 Å². The third-order valence-corrected chi connectivity index (χ3v) is 3.56. The summed E-state index contributed by atoms with van der Waals surface area (Å²) < 4.78 is 11.2. The number of ether oxygens (including phenoxy) is 2. The molecular weight excluding hydrogens is 262 g/mol. The molecule has 1 aliphatic rings. The minimum Gasteiger partial charge on any atom is -0.382 e. The van der Waals surface area contributed by atoms with Gasteiger partial charge in [-0.1, -0.05) is 29.8 Å². The topological polar surface area (TPSA) is 30.5 Å². The predicted octanol–water partition coefficient (Wildman–Crippen LogP) is 3.18. The van der Waals surface area contributed by atoms with E-state index in [4.69, 9.17) is 21.1 Å². The molecule has 0 aromatic heterocycles. The van der Waals surface area contributed by atoms with Gasteiger partial charge in [0.1, 0.15) is 0 Å². The van der Waals surface area contributed by atoms with E-state index in [2.05, 4.69) is 5.32 Å². The van der Waals surface area contributed by atoms with Gasteiger partial charge in [0.15, 0.2) is 0 Å². The van der Waals surface area contributed by atoms with Gasteiger partial charge in [-0.25, -0.2) is 0 Å². The molecule has 1 N–H and O–H groups in total. The van der Waals surface area contributed by atoms with E-state index >= 15 is 0 Å². The Labute approximate surface area is 120 Å². The molecule has 1 fully saturated rings. The molecule has 0 saturated heterocycles. The summed E-state index contributed by atoms with van der Waals surface area (Å²) in [5.41, 5.74) is 1.04. The van der Waals surface area contributed by atoms with Crippen LogP contribution in [-0.4, -0.2) is 32.4 Å². The van der Waals surface area contributed by atoms with Crippen LogP contribution in [0, 0.1) is 0 Å². The molecule has 1 aromatic carbocycles. The third-order valence-electron chi connectivity index (χ3n) is 3.22. The Bertz CT molecular complexity index is 395. The highest BCUT2D eigenvalue weighted by Gasteiger charge is 2.24. The van der Waals surface area contributed by atoms with Crippen molar-refractivity contribution >= 4 is 11.6 Å². The Kier molecular flexibility index (Phi) is 5.64. The molecule has 3 nitrogen and oxygen atoms in total. The van der Waals surface area contributed by atoms with Crippen LogP contribution in [-0.2, 0) is 9.47 Å². The monoisotopic (exact) mass is 283 g/mol. The molecule has 0 heterocycles. The van der Waals surface area contributed by atoms with Crippen molar-refractivity contribution in [3.05, 3.63) is 34.9 Å². The van der Waals surface area contributed by atoms with Crippen LogP contribution in [0.2, 0.25) is 5.02 Å². The zero-order valence-electron chi connectivity index (χ0n) is 11.6. The van der Waals surface area contributed by atoms with E-state index in [1.807, 2.05) is 31.2 Å². The average Bonchev–Trinajstić information content (AvgIpc) is 3.19. The highest BCUT2D eigenvalue weighted by atomic mass is 35.5. The molecule has 0 radical (unpaired) electrons. The van der Waals surface area contributed by atoms with Crippen molar-refractivity contribution in [3.8, 4) is 0 Å². The Balaban J connectivity index is 2.01. The van der Waals surface area contributed by atoms with Gasteiger partial charge in [-0.15, -0.1) is 0 Å². The lowest BCUT2D eigenvalue weighted by Gasteiger charge is -2.24. The fourth-order valence-corrected chi connectivity index (χ4v) is 2.34. The maximum absolute atomic E-state index is 6.27. The zero-order valence-corrected chi connectivity index (χ0v) is 12.3. The Hall–Kier alpha value is -0.610. The highest BCUT2D eigenvalue weighted by molar-refractivity contribution is 6.31. The highest BCUT2D eigenvalue weighted by Crippen LogP contribution is 2.27. The zero-order chi connectivity index (χ0) is 13.7. The quantitative estimate of drug-likeness (QED) is 0.795. The second-order valence-electron chi connectivity index (χ2n) is 5.09. The van der Waals surface area contributed by atoms with Crippen molar-refractivity contribution in [3.63, 3.8) is 0 Å². The van der Waals surface area contributed by atoms with Gasteiger partial charge in [-0.2, -0.15) is 0 Å². The average molecular weight is 284 g/mol. The molecule has 1 aromatic rings. The van der Waals surface area contributed by atoms with Gasteiger partial charge in [-0.05, 0) is 25.8 Å². The summed E-state index contributed by atoms with van der Waals surface area (Å²) in [4.78, 5) is 0. The van der Waals surface area contributed by atoms with Gasteiger partial charge in [0, 0.05) is 30.3 Å². The van der Waals surface area contributed by atoms with Gasteiger partial charge in [0.05, 0.1) is 18.8 Å². The van der Waals surface area contributed by atoms with Crippen LogP contribution >= 0.6 is 11.6 Å². The van der Waals surface area contributed by atoms with Crippen LogP contribution in [0.1, 0.15) is 31.4 Å². The standard InChI is InChI=1S/C15H22ClNO2/c1-11(10-18-2)19-15(9-17-12-7-8-12)13-5-3-4-6-14(13)16/h3-6,11-12,15,17H,7-10H2,1-2H3. The summed E-state index contributed by atoms with van der Waals surface area (Å²) in [5, 5.41) is 4.26. The molecule has 2 rings (SSSR count). The summed E-state index contributed by atoms with van der Waals surface area (Å²) in [5.74, 6) is 0. The summed E-state index contributed by atoms with van der Waals surface area (Å²) >= 11 is 6.27. The van der Waals surface area contributed by atoms with E-state index in [1.54, 1.807) is 7.11 Å². The number of halogens is 1. The number of methoxy groups -OCH3 is 1. The molecule has 0 aliphatic heterocycles. The number of benzene rings is 1. The molecule has 106 valence electrons. The predicted molar refractivity (Wildman–Crippen MR) is 77.6 cm³/mol. The van der Waals surface area contributed by atoms with E-state index in [0.717, 1.165) is 17.1 Å². The molecule has 0 bridgehead atoms. The van der Waals surface area contributed by atoms with Gasteiger partial charge >= 0.3 is 0 Å². The molecular formula is C15H22ClNO2. The van der Waals surface area contributed by atoms with Crippen molar-refractivity contribution in [2.45, 2.75) is 38.0 Å². The largest absolute Gasteiger partial charge is 0.382 e. The molecule has 2 atom stereocenters. The van der Waals surface area contributed by atoms with Crippen LogP contribution in [0.3, 0.4) is 0 Å². The van der Waals surface area contributed by atoms with E-state index in [9.17, 15) is 0 Å². The molecule has 2 unspecified atom stereocenters. The molecule has 1 saturated carbocycles. The van der Waals surface area contributed by atoms with Crippen molar-refractivity contribution in [2.75, 3.05) is 20.3 Å². The number of hydrogen-bond acceptors (Lipinski definition) is 3. The minimum absolute atomic E-state index is 0.0283. The normalized spacial score (nSPS) is 18.3. The third kappa shape index (κ3) is 4.77. The summed E-state index contributed by atoms with van der Waals surface area (Å²) in [6.07, 6.45) is 2.55. The molecule has 4 heteroatoms. The second kappa shape index (κ2) is 7.25. The van der Waals surface area contributed by atoms with E-state index in [1.165, 1.54) is 12.8 Å². The lowest BCUT2D eigenvalue weighted by Crippen LogP contribution is -2.29. The van der Waals surface area contributed by atoms with E-state index < -0.39 is 0 Å². The van der Waals surface area contributed by atoms with Crippen molar-refractivity contribution < 1.29 is 9.47 Å². The van der Waals surface area contributed by atoms with Crippen LogP contribution in [0.5, 0.6) is 0 Å². The van der Waals surface area contributed by atoms with Crippen LogP contribution in [0.15, 0.2) is 24.3 Å². The Morgan fingerprint density at radius 3 is 2.74 bits per heavy atom. The first kappa shape index (κ1) is 14.8. The minimum atomic E-state index is -0.0283. The molecule has 19 heavy (non-hydrogen) atoms. The van der Waals surface area contributed by atoms with Gasteiger partial charge in [0.25, 0.3) is 0 Å². The van der Waals surface area contributed by atoms with E-state index in [0.29, 0.717) is 12.6 Å². The summed E-state index contributed by atoms with van der Waals surface area (Å²) in [7, 11) is 1.69. The lowest BCUT2D eigenvalue weighted by molar-refractivity contribution is -0.0394. The molecule has 0 spiro atoms. The van der Waals surface area contributed by atoms with Crippen molar-refractivity contribution in [1.82, 2.24) is 5.32 Å². The van der Waals surface area contributed by atoms with Crippen LogP contribution < -0.4 is 5.32 Å². The fourth-order valence-electron chi connectivity index (χ4n) is 2.08. The van der Waals surface area contributed by atoms with E-state index in [-0.39, 0.29) is 12.2 Å². The van der Waals surface area contributed by atoms with Crippen molar-refractivity contribution in [1.29, 1.82) is 0 Å². The van der Waals surface area contributed by atoms with Crippen LogP contribution in [0.25, 0.3) is 0 Å². The molecule has 0 amide bonds. The van der Waals surface area contributed by atoms with Gasteiger partial charge in [-0.3, -0.25) is 0 Å². The number of nitrogens with one attached hydrogen (secondary N) is 1. The first-order valence-corrected chi connectivity index (χ1v) is 7.20. The summed E-state index contributed by atoms with van der Waals surface area (Å²) in [6, 6.07) is 8.53. The Morgan fingerprint density at radius 2 is 2.11 bits per heavy atom. The SMILES string of the molecule is COCC(C)OC(CNC1CC1)c1ccccc1Cl. The Morgan fingerprint density at radius 1 is 1.37 bits per heavy atom. The maximum Gasteiger partial charge on any atom is 0.0968 e. The lowest BCUT2D eigenvalue weighted by atomic mass is 10.1. The molecule has 1 aliphatic carbocycles. The smallest absolute Gasteiger partial charge is 0.0968 e. The number of rotatable bonds is 8. The number of hydrogen-bond donors (Lipinski definition) is 1. The summed E-state index contributed by atoms with van der Waals surface area (Å²) in [6.45, 7) is 3.40. The fraction of sp³-hybridized carbons (Fsp3) is 0.600. The van der Waals surface area contributed by atoms with Gasteiger partial charge in [0.2, 0.25) is 0 Å². The van der Waals surface area contributed by atoms with Crippen LogP contribution in [0.4, 0.5) is 0 Å². The first-order valence-electron chi connectivity index (χ1n) is 6.83. The second-order valence-corrected chi connectivity index (χ2v) is 5.50.